The minimum atomic E-state index is -0.171. The van der Waals surface area contributed by atoms with E-state index in [1.807, 2.05) is 18.2 Å². The highest BCUT2D eigenvalue weighted by atomic mass is 35.5. The van der Waals surface area contributed by atoms with Gasteiger partial charge in [0.05, 0.1) is 12.8 Å². The van der Waals surface area contributed by atoms with E-state index in [0.29, 0.717) is 6.42 Å². The highest BCUT2D eigenvalue weighted by Crippen LogP contribution is 2.34. The van der Waals surface area contributed by atoms with Crippen LogP contribution >= 0.6 is 22.9 Å². The van der Waals surface area contributed by atoms with Gasteiger partial charge in [0.2, 0.25) is 0 Å². The Hall–Kier alpha value is -1.78. The van der Waals surface area contributed by atoms with Gasteiger partial charge in [0.15, 0.2) is 0 Å². The Labute approximate surface area is 137 Å². The number of fused-ring (bicyclic) bond motifs is 1. The van der Waals surface area contributed by atoms with Crippen LogP contribution in [0.25, 0.3) is 22.2 Å². The largest absolute Gasteiger partial charge is 0.469 e. The maximum Gasteiger partial charge on any atom is 0.305 e. The van der Waals surface area contributed by atoms with E-state index in [2.05, 4.69) is 21.8 Å². The van der Waals surface area contributed by atoms with E-state index in [1.54, 1.807) is 11.3 Å². The van der Waals surface area contributed by atoms with Crippen molar-refractivity contribution in [3.05, 3.63) is 45.6 Å². The van der Waals surface area contributed by atoms with Crippen LogP contribution in [-0.2, 0) is 16.0 Å². The maximum absolute atomic E-state index is 11.3. The van der Waals surface area contributed by atoms with Gasteiger partial charge in [-0.05, 0) is 48.1 Å². The molecule has 0 spiro atoms. The molecule has 114 valence electrons. The molecule has 2 aromatic heterocycles. The van der Waals surface area contributed by atoms with Gasteiger partial charge in [-0.15, -0.1) is 0 Å². The zero-order valence-electron chi connectivity index (χ0n) is 12.2. The average molecular weight is 334 g/mol. The molecule has 0 bridgehead atoms. The zero-order valence-corrected chi connectivity index (χ0v) is 13.8. The number of carbonyl (C=O) groups excluding carboxylic acids is 1. The summed E-state index contributed by atoms with van der Waals surface area (Å²) in [5.41, 5.74) is 4.56. The molecule has 0 aliphatic rings. The number of aryl methyl sites for hydroxylation is 1. The minimum Gasteiger partial charge on any atom is -0.469 e. The summed E-state index contributed by atoms with van der Waals surface area (Å²) in [6, 6.07) is 7.96. The SMILES string of the molecule is COC(=O)CCCc1c(-c2ccsc2)[nH]c2ccc(Cl)cc12. The summed E-state index contributed by atoms with van der Waals surface area (Å²) < 4.78 is 4.71. The van der Waals surface area contributed by atoms with Crippen molar-refractivity contribution >= 4 is 39.8 Å². The molecule has 0 fully saturated rings. The second-order valence-corrected chi connectivity index (χ2v) is 6.33. The van der Waals surface area contributed by atoms with Crippen LogP contribution in [0.5, 0.6) is 0 Å². The number of thiophene rings is 1. The molecule has 0 atom stereocenters. The Morgan fingerprint density at radius 2 is 2.23 bits per heavy atom. The molecule has 1 N–H and O–H groups in total. The Morgan fingerprint density at radius 3 is 2.95 bits per heavy atom. The van der Waals surface area contributed by atoms with E-state index < -0.39 is 0 Å². The molecule has 1 aromatic carbocycles. The molecule has 0 saturated carbocycles. The first kappa shape index (κ1) is 15.1. The fraction of sp³-hybridized carbons (Fsp3) is 0.235. The average Bonchev–Trinajstić information content (AvgIpc) is 3.15. The topological polar surface area (TPSA) is 42.1 Å². The summed E-state index contributed by atoms with van der Waals surface area (Å²) >= 11 is 7.81. The van der Waals surface area contributed by atoms with Gasteiger partial charge in [0.1, 0.15) is 0 Å². The Morgan fingerprint density at radius 1 is 1.36 bits per heavy atom. The number of carbonyl (C=O) groups is 1. The predicted molar refractivity (Wildman–Crippen MR) is 91.6 cm³/mol. The third-order valence-corrected chi connectivity index (χ3v) is 4.63. The molecule has 2 heterocycles. The number of hydrogen-bond donors (Lipinski definition) is 1. The summed E-state index contributed by atoms with van der Waals surface area (Å²) in [7, 11) is 1.42. The summed E-state index contributed by atoms with van der Waals surface area (Å²) in [6.45, 7) is 0. The molecule has 0 radical (unpaired) electrons. The number of methoxy groups -OCH3 is 1. The third-order valence-electron chi connectivity index (χ3n) is 3.71. The van der Waals surface area contributed by atoms with Gasteiger partial charge in [-0.25, -0.2) is 0 Å². The van der Waals surface area contributed by atoms with Crippen molar-refractivity contribution in [2.24, 2.45) is 0 Å². The van der Waals surface area contributed by atoms with Gasteiger partial charge < -0.3 is 9.72 Å². The second kappa shape index (κ2) is 6.55. The Bertz CT molecular complexity index is 792. The minimum absolute atomic E-state index is 0.171. The molecule has 5 heteroatoms. The normalized spacial score (nSPS) is 11.0. The van der Waals surface area contributed by atoms with E-state index >= 15 is 0 Å². The lowest BCUT2D eigenvalue weighted by atomic mass is 10.0. The number of aromatic nitrogens is 1. The van der Waals surface area contributed by atoms with Crippen molar-refractivity contribution in [3.8, 4) is 11.3 Å². The van der Waals surface area contributed by atoms with E-state index in [-0.39, 0.29) is 5.97 Å². The lowest BCUT2D eigenvalue weighted by Crippen LogP contribution is -2.00. The zero-order chi connectivity index (χ0) is 15.5. The van der Waals surface area contributed by atoms with Crippen molar-refractivity contribution in [3.63, 3.8) is 0 Å². The molecular weight excluding hydrogens is 318 g/mol. The standard InChI is InChI=1S/C17H16ClNO2S/c1-21-16(20)4-2-3-13-14-9-12(18)5-6-15(14)19-17(13)11-7-8-22-10-11/h5-10,19H,2-4H2,1H3. The van der Waals surface area contributed by atoms with Crippen LogP contribution in [0.3, 0.4) is 0 Å². The van der Waals surface area contributed by atoms with Crippen LogP contribution in [0.1, 0.15) is 18.4 Å². The number of rotatable bonds is 5. The van der Waals surface area contributed by atoms with E-state index in [1.165, 1.54) is 18.2 Å². The molecular formula is C17H16ClNO2S. The summed E-state index contributed by atoms with van der Waals surface area (Å²) in [6.07, 6.45) is 1.98. The first-order valence-corrected chi connectivity index (χ1v) is 8.40. The third kappa shape index (κ3) is 3.03. The van der Waals surface area contributed by atoms with Crippen molar-refractivity contribution < 1.29 is 9.53 Å². The first-order chi connectivity index (χ1) is 10.7. The number of ether oxygens (including phenoxy) is 1. The fourth-order valence-corrected chi connectivity index (χ4v) is 3.46. The number of hydrogen-bond acceptors (Lipinski definition) is 3. The molecule has 0 unspecified atom stereocenters. The number of nitrogens with one attached hydrogen (secondary N) is 1. The lowest BCUT2D eigenvalue weighted by Gasteiger charge is -2.04. The van der Waals surface area contributed by atoms with Gasteiger partial charge in [0.25, 0.3) is 0 Å². The molecule has 3 rings (SSSR count). The summed E-state index contributed by atoms with van der Waals surface area (Å²) in [4.78, 5) is 14.8. The van der Waals surface area contributed by atoms with Crippen molar-refractivity contribution in [1.82, 2.24) is 4.98 Å². The van der Waals surface area contributed by atoms with Crippen LogP contribution in [0.4, 0.5) is 0 Å². The summed E-state index contributed by atoms with van der Waals surface area (Å²) in [5, 5.41) is 6.03. The van der Waals surface area contributed by atoms with Crippen molar-refractivity contribution in [2.75, 3.05) is 7.11 Å². The molecule has 22 heavy (non-hydrogen) atoms. The number of H-pyrrole nitrogens is 1. The molecule has 0 saturated heterocycles. The van der Waals surface area contributed by atoms with Crippen LogP contribution in [0.15, 0.2) is 35.0 Å². The van der Waals surface area contributed by atoms with E-state index in [4.69, 9.17) is 16.3 Å². The van der Waals surface area contributed by atoms with Crippen molar-refractivity contribution in [2.45, 2.75) is 19.3 Å². The number of esters is 1. The van der Waals surface area contributed by atoms with Gasteiger partial charge in [-0.2, -0.15) is 11.3 Å². The number of benzene rings is 1. The molecule has 0 aliphatic heterocycles. The number of halogens is 1. The number of aromatic amines is 1. The summed E-state index contributed by atoms with van der Waals surface area (Å²) in [5.74, 6) is -0.171. The molecule has 0 amide bonds. The maximum atomic E-state index is 11.3. The lowest BCUT2D eigenvalue weighted by molar-refractivity contribution is -0.140. The molecule has 3 aromatic rings. The van der Waals surface area contributed by atoms with Gasteiger partial charge in [0, 0.05) is 33.3 Å². The van der Waals surface area contributed by atoms with Gasteiger partial charge in [-0.1, -0.05) is 11.6 Å². The Balaban J connectivity index is 1.98. The van der Waals surface area contributed by atoms with Crippen LogP contribution in [0, 0.1) is 0 Å². The fourth-order valence-electron chi connectivity index (χ4n) is 2.64. The second-order valence-electron chi connectivity index (χ2n) is 5.11. The predicted octanol–water partition coefficient (Wildman–Crippen LogP) is 5.05. The van der Waals surface area contributed by atoms with E-state index in [9.17, 15) is 4.79 Å². The quantitative estimate of drug-likeness (QED) is 0.664. The molecule has 0 aliphatic carbocycles. The first-order valence-electron chi connectivity index (χ1n) is 7.08. The smallest absolute Gasteiger partial charge is 0.305 e. The van der Waals surface area contributed by atoms with E-state index in [0.717, 1.165) is 34.5 Å². The van der Waals surface area contributed by atoms with Gasteiger partial charge >= 0.3 is 5.97 Å². The Kier molecular flexibility index (Phi) is 4.50. The van der Waals surface area contributed by atoms with Crippen molar-refractivity contribution in [1.29, 1.82) is 0 Å². The molecule has 3 nitrogen and oxygen atoms in total. The highest BCUT2D eigenvalue weighted by Gasteiger charge is 2.14. The highest BCUT2D eigenvalue weighted by molar-refractivity contribution is 7.08. The van der Waals surface area contributed by atoms with Crippen LogP contribution in [-0.4, -0.2) is 18.1 Å². The monoisotopic (exact) mass is 333 g/mol. The van der Waals surface area contributed by atoms with Gasteiger partial charge in [-0.3, -0.25) is 4.79 Å². The van der Waals surface area contributed by atoms with Crippen LogP contribution in [0.2, 0.25) is 5.02 Å². The van der Waals surface area contributed by atoms with Crippen LogP contribution < -0.4 is 0 Å².